The SMILES string of the molecule is COC(=O)c1ccc(NCc2cc(C)n(C)c2C)cc1. The van der Waals surface area contributed by atoms with Crippen LogP contribution in [-0.2, 0) is 18.3 Å². The van der Waals surface area contributed by atoms with Gasteiger partial charge in [-0.3, -0.25) is 0 Å². The van der Waals surface area contributed by atoms with Crippen molar-refractivity contribution in [3.63, 3.8) is 0 Å². The molecule has 20 heavy (non-hydrogen) atoms. The van der Waals surface area contributed by atoms with Gasteiger partial charge in [0.15, 0.2) is 0 Å². The Kier molecular flexibility index (Phi) is 4.13. The zero-order chi connectivity index (χ0) is 14.7. The number of carbonyl (C=O) groups excluding carboxylic acids is 1. The molecule has 0 saturated carbocycles. The van der Waals surface area contributed by atoms with Crippen LogP contribution in [0.15, 0.2) is 30.3 Å². The van der Waals surface area contributed by atoms with Gasteiger partial charge in [-0.25, -0.2) is 4.79 Å². The predicted molar refractivity (Wildman–Crippen MR) is 80.0 cm³/mol. The summed E-state index contributed by atoms with van der Waals surface area (Å²) in [4.78, 5) is 11.3. The molecule has 1 aromatic heterocycles. The van der Waals surface area contributed by atoms with Crippen molar-refractivity contribution in [1.82, 2.24) is 4.57 Å². The first-order chi connectivity index (χ1) is 9.52. The highest BCUT2D eigenvalue weighted by Crippen LogP contribution is 2.16. The van der Waals surface area contributed by atoms with E-state index in [0.29, 0.717) is 5.56 Å². The number of benzene rings is 1. The lowest BCUT2D eigenvalue weighted by Crippen LogP contribution is -2.03. The van der Waals surface area contributed by atoms with Gasteiger partial charge < -0.3 is 14.6 Å². The highest BCUT2D eigenvalue weighted by atomic mass is 16.5. The molecule has 106 valence electrons. The number of aryl methyl sites for hydroxylation is 1. The molecular weight excluding hydrogens is 252 g/mol. The molecule has 1 heterocycles. The van der Waals surface area contributed by atoms with Crippen molar-refractivity contribution in [1.29, 1.82) is 0 Å². The second-order valence-corrected chi connectivity index (χ2v) is 4.88. The summed E-state index contributed by atoms with van der Waals surface area (Å²) < 4.78 is 6.85. The first kappa shape index (κ1) is 14.2. The molecule has 4 nitrogen and oxygen atoms in total. The average Bonchev–Trinajstić information content (AvgIpc) is 2.72. The Morgan fingerprint density at radius 3 is 2.40 bits per heavy atom. The summed E-state index contributed by atoms with van der Waals surface area (Å²) in [7, 11) is 3.45. The summed E-state index contributed by atoms with van der Waals surface area (Å²) >= 11 is 0. The van der Waals surface area contributed by atoms with Crippen LogP contribution in [0.4, 0.5) is 5.69 Å². The Morgan fingerprint density at radius 2 is 1.90 bits per heavy atom. The molecule has 0 aliphatic carbocycles. The number of nitrogens with one attached hydrogen (secondary N) is 1. The molecular formula is C16H20N2O2. The zero-order valence-electron chi connectivity index (χ0n) is 12.4. The third kappa shape index (κ3) is 2.85. The second kappa shape index (κ2) is 5.82. The minimum atomic E-state index is -0.314. The topological polar surface area (TPSA) is 43.3 Å². The van der Waals surface area contributed by atoms with E-state index in [1.54, 1.807) is 12.1 Å². The molecule has 0 bridgehead atoms. The monoisotopic (exact) mass is 272 g/mol. The molecule has 2 aromatic rings. The fourth-order valence-corrected chi connectivity index (χ4v) is 2.15. The number of rotatable bonds is 4. The van der Waals surface area contributed by atoms with Gasteiger partial charge in [0.2, 0.25) is 0 Å². The van der Waals surface area contributed by atoms with E-state index in [-0.39, 0.29) is 5.97 Å². The van der Waals surface area contributed by atoms with Crippen molar-refractivity contribution in [2.24, 2.45) is 7.05 Å². The average molecular weight is 272 g/mol. The molecule has 0 saturated heterocycles. The molecule has 4 heteroatoms. The van der Waals surface area contributed by atoms with Crippen LogP contribution < -0.4 is 5.32 Å². The smallest absolute Gasteiger partial charge is 0.337 e. The van der Waals surface area contributed by atoms with E-state index >= 15 is 0 Å². The van der Waals surface area contributed by atoms with Gasteiger partial charge >= 0.3 is 5.97 Å². The number of esters is 1. The number of hydrogen-bond acceptors (Lipinski definition) is 3. The Balaban J connectivity index is 2.04. The van der Waals surface area contributed by atoms with Crippen molar-refractivity contribution in [2.45, 2.75) is 20.4 Å². The highest BCUT2D eigenvalue weighted by molar-refractivity contribution is 5.89. The highest BCUT2D eigenvalue weighted by Gasteiger charge is 2.07. The van der Waals surface area contributed by atoms with Crippen LogP contribution >= 0.6 is 0 Å². The first-order valence-corrected chi connectivity index (χ1v) is 6.57. The summed E-state index contributed by atoms with van der Waals surface area (Å²) in [6.07, 6.45) is 0. The number of nitrogens with zero attached hydrogens (tertiary/aromatic N) is 1. The number of carbonyl (C=O) groups is 1. The maximum absolute atomic E-state index is 11.3. The van der Waals surface area contributed by atoms with Gasteiger partial charge in [-0.15, -0.1) is 0 Å². The summed E-state index contributed by atoms with van der Waals surface area (Å²) in [5.41, 5.74) is 5.34. The number of methoxy groups -OCH3 is 1. The van der Waals surface area contributed by atoms with Crippen molar-refractivity contribution in [2.75, 3.05) is 12.4 Å². The first-order valence-electron chi connectivity index (χ1n) is 6.57. The van der Waals surface area contributed by atoms with Gasteiger partial charge in [0, 0.05) is 30.7 Å². The molecule has 0 atom stereocenters. The molecule has 0 aliphatic heterocycles. The van der Waals surface area contributed by atoms with E-state index in [1.807, 2.05) is 12.1 Å². The molecule has 0 radical (unpaired) electrons. The number of ether oxygens (including phenoxy) is 1. The van der Waals surface area contributed by atoms with Gasteiger partial charge in [0.1, 0.15) is 0 Å². The maximum Gasteiger partial charge on any atom is 0.337 e. The molecule has 0 fully saturated rings. The lowest BCUT2D eigenvalue weighted by molar-refractivity contribution is 0.0601. The Hall–Kier alpha value is -2.23. The van der Waals surface area contributed by atoms with E-state index in [4.69, 9.17) is 0 Å². The summed E-state index contributed by atoms with van der Waals surface area (Å²) in [5.74, 6) is -0.314. The standard InChI is InChI=1S/C16H20N2O2/c1-11-9-14(12(2)18(11)3)10-17-15-7-5-13(6-8-15)16(19)20-4/h5-9,17H,10H2,1-4H3. The quantitative estimate of drug-likeness (QED) is 0.870. The zero-order valence-corrected chi connectivity index (χ0v) is 12.4. The number of hydrogen-bond donors (Lipinski definition) is 1. The van der Waals surface area contributed by atoms with Crippen molar-refractivity contribution >= 4 is 11.7 Å². The Labute approximate surface area is 119 Å². The molecule has 0 amide bonds. The molecule has 0 unspecified atom stereocenters. The van der Waals surface area contributed by atoms with Gasteiger partial charge in [-0.2, -0.15) is 0 Å². The molecule has 2 rings (SSSR count). The Morgan fingerprint density at radius 1 is 1.25 bits per heavy atom. The largest absolute Gasteiger partial charge is 0.465 e. The van der Waals surface area contributed by atoms with Crippen LogP contribution in [0.25, 0.3) is 0 Å². The van der Waals surface area contributed by atoms with Crippen LogP contribution in [-0.4, -0.2) is 17.6 Å². The van der Waals surface area contributed by atoms with Gasteiger partial charge in [0.05, 0.1) is 12.7 Å². The maximum atomic E-state index is 11.3. The molecule has 1 aromatic carbocycles. The Bertz CT molecular complexity index is 612. The lowest BCUT2D eigenvalue weighted by atomic mass is 10.2. The number of anilines is 1. The van der Waals surface area contributed by atoms with Crippen molar-refractivity contribution < 1.29 is 9.53 Å². The summed E-state index contributed by atoms with van der Waals surface area (Å²) in [6.45, 7) is 4.98. The minimum Gasteiger partial charge on any atom is -0.465 e. The van der Waals surface area contributed by atoms with Crippen LogP contribution in [0.3, 0.4) is 0 Å². The normalized spacial score (nSPS) is 10.4. The van der Waals surface area contributed by atoms with Crippen LogP contribution in [0.5, 0.6) is 0 Å². The van der Waals surface area contributed by atoms with E-state index in [9.17, 15) is 4.79 Å². The molecule has 0 spiro atoms. The van der Waals surface area contributed by atoms with Crippen LogP contribution in [0, 0.1) is 13.8 Å². The van der Waals surface area contributed by atoms with E-state index in [1.165, 1.54) is 24.1 Å². The van der Waals surface area contributed by atoms with E-state index < -0.39 is 0 Å². The number of aromatic nitrogens is 1. The fraction of sp³-hybridized carbons (Fsp3) is 0.312. The molecule has 1 N–H and O–H groups in total. The fourth-order valence-electron chi connectivity index (χ4n) is 2.15. The van der Waals surface area contributed by atoms with E-state index in [0.717, 1.165) is 12.2 Å². The van der Waals surface area contributed by atoms with Gasteiger partial charge in [0.25, 0.3) is 0 Å². The van der Waals surface area contributed by atoms with E-state index in [2.05, 4.69) is 41.6 Å². The minimum absolute atomic E-state index is 0.314. The van der Waals surface area contributed by atoms with Gasteiger partial charge in [-0.05, 0) is 49.7 Å². The van der Waals surface area contributed by atoms with Crippen LogP contribution in [0.1, 0.15) is 27.3 Å². The molecule has 0 aliphatic rings. The van der Waals surface area contributed by atoms with Crippen LogP contribution in [0.2, 0.25) is 0 Å². The summed E-state index contributed by atoms with van der Waals surface area (Å²) in [6, 6.07) is 9.48. The predicted octanol–water partition coefficient (Wildman–Crippen LogP) is 3.04. The second-order valence-electron chi connectivity index (χ2n) is 4.88. The van der Waals surface area contributed by atoms with Crippen molar-refractivity contribution in [3.05, 3.63) is 52.8 Å². The lowest BCUT2D eigenvalue weighted by Gasteiger charge is -2.07. The van der Waals surface area contributed by atoms with Crippen molar-refractivity contribution in [3.8, 4) is 0 Å². The third-order valence-electron chi connectivity index (χ3n) is 3.67. The summed E-state index contributed by atoms with van der Waals surface area (Å²) in [5, 5.41) is 3.36. The third-order valence-corrected chi connectivity index (χ3v) is 3.67. The van der Waals surface area contributed by atoms with Gasteiger partial charge in [-0.1, -0.05) is 0 Å².